The third kappa shape index (κ3) is 2.88. The summed E-state index contributed by atoms with van der Waals surface area (Å²) in [6.07, 6.45) is 0.719. The SMILES string of the molecule is COc1ccc(Cn2c(C=O)nc(Br)c2Br)cc1OC. The Morgan fingerprint density at radius 2 is 1.95 bits per heavy atom. The van der Waals surface area contributed by atoms with Crippen LogP contribution >= 0.6 is 31.9 Å². The van der Waals surface area contributed by atoms with Crippen LogP contribution in [0.15, 0.2) is 27.4 Å². The average Bonchev–Trinajstić information content (AvgIpc) is 2.74. The highest BCUT2D eigenvalue weighted by Crippen LogP contribution is 2.29. The molecule has 1 aromatic carbocycles. The van der Waals surface area contributed by atoms with Crippen molar-refractivity contribution < 1.29 is 14.3 Å². The standard InChI is InChI=1S/C13H12Br2N2O3/c1-19-9-4-3-8(5-10(9)20-2)6-17-11(7-18)16-12(14)13(17)15/h3-5,7H,6H2,1-2H3. The van der Waals surface area contributed by atoms with E-state index in [-0.39, 0.29) is 0 Å². The van der Waals surface area contributed by atoms with Crippen LogP contribution in [0.5, 0.6) is 11.5 Å². The van der Waals surface area contributed by atoms with Gasteiger partial charge in [-0.1, -0.05) is 6.07 Å². The Labute approximate surface area is 133 Å². The number of methoxy groups -OCH3 is 2. The Morgan fingerprint density at radius 1 is 1.25 bits per heavy atom. The second-order valence-electron chi connectivity index (χ2n) is 3.94. The van der Waals surface area contributed by atoms with E-state index in [1.54, 1.807) is 18.8 Å². The van der Waals surface area contributed by atoms with Crippen molar-refractivity contribution in [1.29, 1.82) is 0 Å². The van der Waals surface area contributed by atoms with Crippen molar-refractivity contribution in [2.24, 2.45) is 0 Å². The molecule has 1 heterocycles. The topological polar surface area (TPSA) is 53.4 Å². The van der Waals surface area contributed by atoms with Gasteiger partial charge in [-0.25, -0.2) is 4.98 Å². The zero-order chi connectivity index (χ0) is 14.7. The van der Waals surface area contributed by atoms with Crippen LogP contribution in [0.2, 0.25) is 0 Å². The maximum Gasteiger partial charge on any atom is 0.185 e. The summed E-state index contributed by atoms with van der Waals surface area (Å²) in [5, 5.41) is 0. The highest BCUT2D eigenvalue weighted by Gasteiger charge is 2.14. The number of aldehydes is 1. The van der Waals surface area contributed by atoms with Crippen LogP contribution < -0.4 is 9.47 Å². The fraction of sp³-hybridized carbons (Fsp3) is 0.231. The minimum Gasteiger partial charge on any atom is -0.493 e. The highest BCUT2D eigenvalue weighted by molar-refractivity contribution is 9.13. The lowest BCUT2D eigenvalue weighted by Crippen LogP contribution is -2.05. The van der Waals surface area contributed by atoms with E-state index in [4.69, 9.17) is 9.47 Å². The Bertz CT molecular complexity index is 641. The van der Waals surface area contributed by atoms with Gasteiger partial charge in [-0.05, 0) is 49.6 Å². The predicted octanol–water partition coefficient (Wildman–Crippen LogP) is 3.29. The number of hydrogen-bond acceptors (Lipinski definition) is 4. The number of rotatable bonds is 5. The molecule has 0 aliphatic heterocycles. The van der Waals surface area contributed by atoms with Crippen LogP contribution in [0.4, 0.5) is 0 Å². The largest absolute Gasteiger partial charge is 0.493 e. The lowest BCUT2D eigenvalue weighted by molar-refractivity contribution is 0.111. The van der Waals surface area contributed by atoms with Crippen molar-refractivity contribution >= 4 is 38.1 Å². The molecule has 7 heteroatoms. The number of hydrogen-bond donors (Lipinski definition) is 0. The molecule has 0 saturated carbocycles. The van der Waals surface area contributed by atoms with Gasteiger partial charge in [0.25, 0.3) is 0 Å². The molecule has 0 aliphatic rings. The van der Waals surface area contributed by atoms with E-state index < -0.39 is 0 Å². The smallest absolute Gasteiger partial charge is 0.185 e. The Balaban J connectivity index is 2.37. The van der Waals surface area contributed by atoms with Gasteiger partial charge in [-0.15, -0.1) is 0 Å². The maximum atomic E-state index is 11.0. The van der Waals surface area contributed by atoms with E-state index in [0.29, 0.717) is 28.5 Å². The first kappa shape index (κ1) is 15.1. The zero-order valence-electron chi connectivity index (χ0n) is 10.9. The molecule has 0 fully saturated rings. The number of imidazole rings is 1. The molecule has 0 N–H and O–H groups in total. The first-order valence-corrected chi connectivity index (χ1v) is 7.27. The predicted molar refractivity (Wildman–Crippen MR) is 81.7 cm³/mol. The van der Waals surface area contributed by atoms with Gasteiger partial charge >= 0.3 is 0 Å². The van der Waals surface area contributed by atoms with Crippen LogP contribution in [0.3, 0.4) is 0 Å². The van der Waals surface area contributed by atoms with E-state index in [1.807, 2.05) is 18.2 Å². The normalized spacial score (nSPS) is 10.4. The van der Waals surface area contributed by atoms with E-state index in [1.165, 1.54) is 0 Å². The van der Waals surface area contributed by atoms with Gasteiger partial charge in [-0.2, -0.15) is 0 Å². The summed E-state index contributed by atoms with van der Waals surface area (Å²) in [5.74, 6) is 1.66. The van der Waals surface area contributed by atoms with Crippen molar-refractivity contribution in [2.75, 3.05) is 14.2 Å². The third-order valence-corrected chi connectivity index (χ3v) is 4.68. The lowest BCUT2D eigenvalue weighted by atomic mass is 10.2. The van der Waals surface area contributed by atoms with E-state index in [9.17, 15) is 4.79 Å². The number of nitrogens with zero attached hydrogens (tertiary/aromatic N) is 2. The molecular formula is C13H12Br2N2O3. The van der Waals surface area contributed by atoms with Gasteiger partial charge in [0.1, 0.15) is 9.21 Å². The fourth-order valence-corrected chi connectivity index (χ4v) is 2.61. The first-order chi connectivity index (χ1) is 9.60. The fourth-order valence-electron chi connectivity index (χ4n) is 1.82. The van der Waals surface area contributed by atoms with E-state index in [0.717, 1.165) is 16.5 Å². The molecule has 0 radical (unpaired) electrons. The van der Waals surface area contributed by atoms with Gasteiger partial charge in [0.15, 0.2) is 23.6 Å². The summed E-state index contributed by atoms with van der Waals surface area (Å²) in [4.78, 5) is 15.1. The molecule has 0 saturated heterocycles. The number of halogens is 2. The van der Waals surface area contributed by atoms with Gasteiger partial charge in [-0.3, -0.25) is 4.79 Å². The molecule has 0 atom stereocenters. The molecule has 0 spiro atoms. The third-order valence-electron chi connectivity index (χ3n) is 2.79. The molecule has 20 heavy (non-hydrogen) atoms. The van der Waals surface area contributed by atoms with Crippen LogP contribution in [-0.2, 0) is 6.54 Å². The average molecular weight is 404 g/mol. The summed E-state index contributed by atoms with van der Waals surface area (Å²) in [6, 6.07) is 5.61. The second kappa shape index (κ2) is 6.41. The summed E-state index contributed by atoms with van der Waals surface area (Å²) in [6.45, 7) is 0.494. The number of carbonyl (C=O) groups excluding carboxylic acids is 1. The maximum absolute atomic E-state index is 11.0. The minimum atomic E-state index is 0.346. The number of aromatic nitrogens is 2. The first-order valence-electron chi connectivity index (χ1n) is 5.68. The molecular weight excluding hydrogens is 392 g/mol. The zero-order valence-corrected chi connectivity index (χ0v) is 14.1. The molecule has 0 amide bonds. The van der Waals surface area contributed by atoms with Crippen molar-refractivity contribution in [2.45, 2.75) is 6.54 Å². The number of ether oxygens (including phenoxy) is 2. The molecule has 0 bridgehead atoms. The number of benzene rings is 1. The molecule has 5 nitrogen and oxygen atoms in total. The van der Waals surface area contributed by atoms with Gasteiger partial charge in [0, 0.05) is 0 Å². The number of carbonyl (C=O) groups is 1. The van der Waals surface area contributed by atoms with Crippen LogP contribution in [0.1, 0.15) is 16.2 Å². The summed E-state index contributed by atoms with van der Waals surface area (Å²) in [5.41, 5.74) is 0.969. The van der Waals surface area contributed by atoms with Crippen LogP contribution in [0, 0.1) is 0 Å². The van der Waals surface area contributed by atoms with Crippen LogP contribution in [-0.4, -0.2) is 30.1 Å². The summed E-state index contributed by atoms with van der Waals surface area (Å²) in [7, 11) is 3.17. The Morgan fingerprint density at radius 3 is 2.55 bits per heavy atom. The van der Waals surface area contributed by atoms with Crippen molar-refractivity contribution in [3.63, 3.8) is 0 Å². The second-order valence-corrected chi connectivity index (χ2v) is 5.45. The van der Waals surface area contributed by atoms with Gasteiger partial charge < -0.3 is 14.0 Å². The summed E-state index contributed by atoms with van der Waals surface area (Å²) >= 11 is 6.69. The van der Waals surface area contributed by atoms with E-state index >= 15 is 0 Å². The van der Waals surface area contributed by atoms with Crippen LogP contribution in [0.25, 0.3) is 0 Å². The molecule has 2 aromatic rings. The molecule has 0 aliphatic carbocycles. The summed E-state index contributed by atoms with van der Waals surface area (Å²) < 4.78 is 13.5. The lowest BCUT2D eigenvalue weighted by Gasteiger charge is -2.11. The van der Waals surface area contributed by atoms with Crippen molar-refractivity contribution in [3.8, 4) is 11.5 Å². The Kier molecular flexibility index (Phi) is 4.82. The van der Waals surface area contributed by atoms with Crippen molar-refractivity contribution in [1.82, 2.24) is 9.55 Å². The van der Waals surface area contributed by atoms with E-state index in [2.05, 4.69) is 36.8 Å². The highest BCUT2D eigenvalue weighted by atomic mass is 79.9. The minimum absolute atomic E-state index is 0.346. The Hall–Kier alpha value is -1.34. The van der Waals surface area contributed by atoms with Gasteiger partial charge in [0.05, 0.1) is 20.8 Å². The molecule has 1 aromatic heterocycles. The quantitative estimate of drug-likeness (QED) is 0.719. The van der Waals surface area contributed by atoms with Gasteiger partial charge in [0.2, 0.25) is 0 Å². The van der Waals surface area contributed by atoms with Crippen molar-refractivity contribution in [3.05, 3.63) is 38.8 Å². The molecule has 106 valence electrons. The monoisotopic (exact) mass is 402 g/mol. The molecule has 0 unspecified atom stereocenters. The molecule has 2 rings (SSSR count).